The van der Waals surface area contributed by atoms with Crippen molar-refractivity contribution < 1.29 is 18.7 Å². The minimum atomic E-state index is -0.379. The van der Waals surface area contributed by atoms with Gasteiger partial charge >= 0.3 is 0 Å². The first kappa shape index (κ1) is 18.7. The van der Waals surface area contributed by atoms with Gasteiger partial charge in [-0.3, -0.25) is 14.6 Å². The Bertz CT molecular complexity index is 999. The summed E-state index contributed by atoms with van der Waals surface area (Å²) < 4.78 is 10.5. The van der Waals surface area contributed by atoms with Crippen LogP contribution in [0.5, 0.6) is 5.75 Å². The van der Waals surface area contributed by atoms with Crippen molar-refractivity contribution in [3.63, 3.8) is 0 Å². The number of hydrogen-bond donors (Lipinski definition) is 1. The molecule has 29 heavy (non-hydrogen) atoms. The van der Waals surface area contributed by atoms with E-state index in [1.807, 2.05) is 30.3 Å². The Labute approximate surface area is 168 Å². The van der Waals surface area contributed by atoms with E-state index in [2.05, 4.69) is 10.3 Å². The van der Waals surface area contributed by atoms with Crippen molar-refractivity contribution in [1.29, 1.82) is 0 Å². The molecule has 1 aliphatic rings. The zero-order chi connectivity index (χ0) is 20.2. The third kappa shape index (κ3) is 4.13. The highest BCUT2D eigenvalue weighted by molar-refractivity contribution is 6.00. The number of rotatable bonds is 6. The van der Waals surface area contributed by atoms with E-state index in [0.717, 1.165) is 17.0 Å². The number of carbonyl (C=O) groups is 2. The highest BCUT2D eigenvalue weighted by Crippen LogP contribution is 2.27. The molecular weight excluding hydrogens is 370 g/mol. The van der Waals surface area contributed by atoms with Gasteiger partial charge in [-0.1, -0.05) is 0 Å². The fourth-order valence-corrected chi connectivity index (χ4v) is 3.37. The summed E-state index contributed by atoms with van der Waals surface area (Å²) in [5, 5.41) is 2.93. The Hall–Kier alpha value is -3.61. The van der Waals surface area contributed by atoms with Crippen molar-refractivity contribution in [2.24, 2.45) is 5.92 Å². The minimum Gasteiger partial charge on any atom is -0.497 e. The summed E-state index contributed by atoms with van der Waals surface area (Å²) in [7, 11) is 1.59. The predicted molar refractivity (Wildman–Crippen MR) is 107 cm³/mol. The smallest absolute Gasteiger partial charge is 0.227 e. The van der Waals surface area contributed by atoms with Gasteiger partial charge in [-0.2, -0.15) is 0 Å². The first-order valence-electron chi connectivity index (χ1n) is 9.35. The predicted octanol–water partition coefficient (Wildman–Crippen LogP) is 3.02. The number of amides is 2. The van der Waals surface area contributed by atoms with Gasteiger partial charge in [0, 0.05) is 31.4 Å². The highest BCUT2D eigenvalue weighted by Gasteiger charge is 2.35. The second kappa shape index (κ2) is 8.18. The average Bonchev–Trinajstić information content (AvgIpc) is 3.42. The van der Waals surface area contributed by atoms with E-state index in [0.29, 0.717) is 24.5 Å². The average molecular weight is 391 g/mol. The van der Waals surface area contributed by atoms with Crippen LogP contribution in [-0.2, 0) is 16.1 Å². The fraction of sp³-hybridized carbons (Fsp3) is 0.227. The number of pyridine rings is 1. The molecule has 3 heterocycles. The molecular formula is C22H21N3O4. The van der Waals surface area contributed by atoms with Gasteiger partial charge in [-0.25, -0.2) is 0 Å². The van der Waals surface area contributed by atoms with Crippen LogP contribution in [0.3, 0.4) is 0 Å². The quantitative estimate of drug-likeness (QED) is 0.698. The van der Waals surface area contributed by atoms with E-state index in [1.165, 1.54) is 0 Å². The molecule has 1 aliphatic heterocycles. The summed E-state index contributed by atoms with van der Waals surface area (Å²) in [6.45, 7) is 0.729. The van der Waals surface area contributed by atoms with Gasteiger partial charge < -0.3 is 19.4 Å². The van der Waals surface area contributed by atoms with Crippen molar-refractivity contribution in [3.8, 4) is 17.2 Å². The zero-order valence-corrected chi connectivity index (χ0v) is 16.0. The number of aromatic nitrogens is 1. The molecule has 148 valence electrons. The number of carbonyl (C=O) groups excluding carboxylic acids is 2. The summed E-state index contributed by atoms with van der Waals surface area (Å²) in [5.74, 6) is 0.830. The number of nitrogens with zero attached hydrogens (tertiary/aromatic N) is 2. The Morgan fingerprint density at radius 2 is 2.10 bits per heavy atom. The maximum absolute atomic E-state index is 12.6. The largest absolute Gasteiger partial charge is 0.497 e. The molecule has 0 saturated carbocycles. The highest BCUT2D eigenvalue weighted by atomic mass is 16.5. The third-order valence-corrected chi connectivity index (χ3v) is 4.94. The summed E-state index contributed by atoms with van der Waals surface area (Å²) in [4.78, 5) is 30.9. The van der Waals surface area contributed by atoms with Crippen molar-refractivity contribution in [3.05, 3.63) is 66.6 Å². The van der Waals surface area contributed by atoms with Gasteiger partial charge in [-0.15, -0.1) is 0 Å². The van der Waals surface area contributed by atoms with Gasteiger partial charge in [0.2, 0.25) is 11.8 Å². The molecule has 1 unspecified atom stereocenters. The van der Waals surface area contributed by atoms with Crippen molar-refractivity contribution in [1.82, 2.24) is 10.3 Å². The van der Waals surface area contributed by atoms with Crippen LogP contribution < -0.4 is 15.0 Å². The van der Waals surface area contributed by atoms with E-state index in [1.54, 1.807) is 42.7 Å². The van der Waals surface area contributed by atoms with E-state index >= 15 is 0 Å². The van der Waals surface area contributed by atoms with Gasteiger partial charge in [0.05, 0.1) is 19.3 Å². The fourth-order valence-electron chi connectivity index (χ4n) is 3.37. The van der Waals surface area contributed by atoms with Crippen molar-refractivity contribution >= 4 is 17.5 Å². The molecule has 1 aromatic carbocycles. The number of benzene rings is 1. The van der Waals surface area contributed by atoms with E-state index in [-0.39, 0.29) is 24.2 Å². The van der Waals surface area contributed by atoms with Crippen LogP contribution in [0.25, 0.3) is 11.5 Å². The lowest BCUT2D eigenvalue weighted by atomic mass is 10.1. The van der Waals surface area contributed by atoms with Gasteiger partial charge in [0.1, 0.15) is 11.4 Å². The molecule has 0 aliphatic carbocycles. The van der Waals surface area contributed by atoms with Gasteiger partial charge in [-0.05, 0) is 54.1 Å². The molecule has 0 spiro atoms. The van der Waals surface area contributed by atoms with Crippen LogP contribution in [0.4, 0.5) is 5.69 Å². The standard InChI is InChI=1S/C22H21N3O4/c1-28-18-6-4-17(5-7-18)25-14-16(12-21(25)26)22(27)24-13-15-8-9-23-19(11-15)20-3-2-10-29-20/h2-11,16H,12-14H2,1H3,(H,24,27). The molecule has 0 bridgehead atoms. The normalized spacial score (nSPS) is 16.1. The molecule has 7 nitrogen and oxygen atoms in total. The van der Waals surface area contributed by atoms with E-state index in [9.17, 15) is 9.59 Å². The molecule has 2 aromatic heterocycles. The maximum atomic E-state index is 12.6. The molecule has 7 heteroatoms. The molecule has 1 atom stereocenters. The van der Waals surface area contributed by atoms with Crippen LogP contribution in [0, 0.1) is 5.92 Å². The minimum absolute atomic E-state index is 0.0562. The number of ether oxygens (including phenoxy) is 1. The summed E-state index contributed by atoms with van der Waals surface area (Å²) in [5.41, 5.74) is 2.39. The van der Waals surface area contributed by atoms with Gasteiger partial charge in [0.25, 0.3) is 0 Å². The van der Waals surface area contributed by atoms with Crippen LogP contribution in [0.15, 0.2) is 65.4 Å². The van der Waals surface area contributed by atoms with Crippen LogP contribution in [0.1, 0.15) is 12.0 Å². The number of nitrogens with one attached hydrogen (secondary N) is 1. The Kier molecular flexibility index (Phi) is 5.29. The molecule has 0 radical (unpaired) electrons. The van der Waals surface area contributed by atoms with E-state index in [4.69, 9.17) is 9.15 Å². The summed E-state index contributed by atoms with van der Waals surface area (Å²) >= 11 is 0. The summed E-state index contributed by atoms with van der Waals surface area (Å²) in [6.07, 6.45) is 3.48. The molecule has 1 saturated heterocycles. The first-order valence-corrected chi connectivity index (χ1v) is 9.35. The van der Waals surface area contributed by atoms with Crippen LogP contribution in [-0.4, -0.2) is 30.5 Å². The lowest BCUT2D eigenvalue weighted by Crippen LogP contribution is -2.32. The second-order valence-corrected chi connectivity index (χ2v) is 6.85. The molecule has 4 rings (SSSR count). The van der Waals surface area contributed by atoms with E-state index < -0.39 is 0 Å². The number of anilines is 1. The maximum Gasteiger partial charge on any atom is 0.227 e. The third-order valence-electron chi connectivity index (χ3n) is 4.94. The number of furan rings is 1. The van der Waals surface area contributed by atoms with Crippen LogP contribution >= 0.6 is 0 Å². The van der Waals surface area contributed by atoms with Gasteiger partial charge in [0.15, 0.2) is 5.76 Å². The Morgan fingerprint density at radius 3 is 2.83 bits per heavy atom. The number of methoxy groups -OCH3 is 1. The second-order valence-electron chi connectivity index (χ2n) is 6.85. The van der Waals surface area contributed by atoms with Crippen molar-refractivity contribution in [2.45, 2.75) is 13.0 Å². The lowest BCUT2D eigenvalue weighted by molar-refractivity contribution is -0.126. The molecule has 1 N–H and O–H groups in total. The SMILES string of the molecule is COc1ccc(N2CC(C(=O)NCc3ccnc(-c4ccco4)c3)CC2=O)cc1. The molecule has 1 fully saturated rings. The first-order chi connectivity index (χ1) is 14.1. The monoisotopic (exact) mass is 391 g/mol. The van der Waals surface area contributed by atoms with Crippen molar-refractivity contribution in [2.75, 3.05) is 18.6 Å². The summed E-state index contributed by atoms with van der Waals surface area (Å²) in [6, 6.07) is 14.6. The van der Waals surface area contributed by atoms with Crippen LogP contribution in [0.2, 0.25) is 0 Å². The number of hydrogen-bond acceptors (Lipinski definition) is 5. The Morgan fingerprint density at radius 1 is 1.28 bits per heavy atom. The Balaban J connectivity index is 1.37. The lowest BCUT2D eigenvalue weighted by Gasteiger charge is -2.17. The molecule has 2 amide bonds. The molecule has 3 aromatic rings. The topological polar surface area (TPSA) is 84.7 Å². The zero-order valence-electron chi connectivity index (χ0n) is 16.0.